The standard InChI is InChI=1S/C18H16ClN3O5S2/c1-21-15-9-6-13(22(24)25)11-16(15)28-18(21)20-17(23)3-2-10-29(26,27)14-7-4-12(19)5-8-14/h4-9,11H,2-3,10H2,1H3. The predicted octanol–water partition coefficient (Wildman–Crippen LogP) is 3.48. The molecule has 0 saturated carbocycles. The maximum atomic E-state index is 12.3. The second-order valence-corrected chi connectivity index (χ2v) is 9.79. The molecule has 3 aromatic rings. The van der Waals surface area contributed by atoms with Gasteiger partial charge in [-0.1, -0.05) is 22.9 Å². The molecular weight excluding hydrogens is 438 g/mol. The molecule has 8 nitrogen and oxygen atoms in total. The number of rotatable bonds is 6. The summed E-state index contributed by atoms with van der Waals surface area (Å²) in [6.07, 6.45) is 0.106. The molecule has 0 unspecified atom stereocenters. The average molecular weight is 454 g/mol. The number of nitrogens with zero attached hydrogens (tertiary/aromatic N) is 3. The Kier molecular flexibility index (Phi) is 6.15. The van der Waals surface area contributed by atoms with Crippen LogP contribution in [0.25, 0.3) is 10.2 Å². The molecule has 152 valence electrons. The van der Waals surface area contributed by atoms with Crippen molar-refractivity contribution in [2.45, 2.75) is 17.7 Å². The first-order chi connectivity index (χ1) is 13.7. The third kappa shape index (κ3) is 4.89. The highest BCUT2D eigenvalue weighted by atomic mass is 35.5. The van der Waals surface area contributed by atoms with Crippen LogP contribution >= 0.6 is 22.9 Å². The number of fused-ring (bicyclic) bond motifs is 1. The number of hydrogen-bond acceptors (Lipinski definition) is 6. The lowest BCUT2D eigenvalue weighted by molar-refractivity contribution is -0.384. The molecule has 0 bridgehead atoms. The maximum Gasteiger partial charge on any atom is 0.270 e. The Bertz CT molecular complexity index is 1260. The van der Waals surface area contributed by atoms with Crippen LogP contribution in [0, 0.1) is 10.1 Å². The lowest BCUT2D eigenvalue weighted by atomic mass is 10.3. The summed E-state index contributed by atoms with van der Waals surface area (Å²) in [7, 11) is -1.80. The van der Waals surface area contributed by atoms with Crippen LogP contribution in [-0.2, 0) is 21.7 Å². The van der Waals surface area contributed by atoms with Crippen molar-refractivity contribution >= 4 is 54.6 Å². The Morgan fingerprint density at radius 3 is 2.59 bits per heavy atom. The molecule has 3 rings (SSSR count). The van der Waals surface area contributed by atoms with Crippen molar-refractivity contribution in [3.8, 4) is 0 Å². The number of sulfone groups is 1. The molecule has 0 aliphatic heterocycles. The van der Waals surface area contributed by atoms with E-state index < -0.39 is 20.7 Å². The smallest absolute Gasteiger partial charge is 0.270 e. The highest BCUT2D eigenvalue weighted by Crippen LogP contribution is 2.22. The lowest BCUT2D eigenvalue weighted by Gasteiger charge is -2.03. The summed E-state index contributed by atoms with van der Waals surface area (Å²) >= 11 is 6.93. The quantitative estimate of drug-likeness (QED) is 0.419. The van der Waals surface area contributed by atoms with E-state index in [1.807, 2.05) is 0 Å². The second-order valence-electron chi connectivity index (χ2n) is 6.23. The van der Waals surface area contributed by atoms with E-state index in [0.717, 1.165) is 16.9 Å². The van der Waals surface area contributed by atoms with Crippen LogP contribution in [0.1, 0.15) is 12.8 Å². The van der Waals surface area contributed by atoms with Crippen LogP contribution < -0.4 is 4.80 Å². The van der Waals surface area contributed by atoms with E-state index in [9.17, 15) is 23.3 Å². The molecule has 0 fully saturated rings. The second kappa shape index (κ2) is 8.44. The van der Waals surface area contributed by atoms with Crippen LogP contribution in [0.2, 0.25) is 5.02 Å². The Morgan fingerprint density at radius 2 is 1.93 bits per heavy atom. The van der Waals surface area contributed by atoms with Crippen molar-refractivity contribution in [1.82, 2.24) is 4.57 Å². The van der Waals surface area contributed by atoms with Gasteiger partial charge in [0.15, 0.2) is 14.6 Å². The molecule has 29 heavy (non-hydrogen) atoms. The van der Waals surface area contributed by atoms with Gasteiger partial charge in [0.05, 0.1) is 25.8 Å². The first-order valence-corrected chi connectivity index (χ1v) is 11.3. The normalized spacial score (nSPS) is 12.4. The molecule has 0 atom stereocenters. The van der Waals surface area contributed by atoms with Crippen LogP contribution in [0.15, 0.2) is 52.4 Å². The molecule has 1 aromatic heterocycles. The number of aromatic nitrogens is 1. The highest BCUT2D eigenvalue weighted by Gasteiger charge is 2.15. The zero-order valence-electron chi connectivity index (χ0n) is 15.2. The van der Waals surface area contributed by atoms with E-state index >= 15 is 0 Å². The maximum absolute atomic E-state index is 12.3. The molecule has 1 heterocycles. The van der Waals surface area contributed by atoms with Crippen molar-refractivity contribution in [2.24, 2.45) is 12.0 Å². The number of carbonyl (C=O) groups excluding carboxylic acids is 1. The van der Waals surface area contributed by atoms with Gasteiger partial charge in [0.2, 0.25) is 5.91 Å². The zero-order valence-corrected chi connectivity index (χ0v) is 17.6. The van der Waals surface area contributed by atoms with Gasteiger partial charge in [-0.15, -0.1) is 0 Å². The summed E-state index contributed by atoms with van der Waals surface area (Å²) in [6.45, 7) is 0. The molecule has 0 aliphatic carbocycles. The van der Waals surface area contributed by atoms with E-state index in [2.05, 4.69) is 4.99 Å². The van der Waals surface area contributed by atoms with Gasteiger partial charge in [-0.25, -0.2) is 8.42 Å². The molecule has 0 spiro atoms. The molecule has 0 aliphatic rings. The fourth-order valence-electron chi connectivity index (χ4n) is 2.68. The van der Waals surface area contributed by atoms with Crippen molar-refractivity contribution in [1.29, 1.82) is 0 Å². The molecule has 0 radical (unpaired) electrons. The van der Waals surface area contributed by atoms with Crippen molar-refractivity contribution in [3.63, 3.8) is 0 Å². The number of halogens is 1. The van der Waals surface area contributed by atoms with Crippen LogP contribution in [0.3, 0.4) is 0 Å². The summed E-state index contributed by atoms with van der Waals surface area (Å²) in [4.78, 5) is 27.2. The van der Waals surface area contributed by atoms with E-state index in [-0.39, 0.29) is 29.2 Å². The summed E-state index contributed by atoms with van der Waals surface area (Å²) in [5.41, 5.74) is 0.682. The van der Waals surface area contributed by atoms with Crippen LogP contribution in [0.5, 0.6) is 0 Å². The van der Waals surface area contributed by atoms with E-state index in [1.54, 1.807) is 17.7 Å². The monoisotopic (exact) mass is 453 g/mol. The molecular formula is C18H16ClN3O5S2. The Labute approximate surface area is 175 Å². The summed E-state index contributed by atoms with van der Waals surface area (Å²) < 4.78 is 26.9. The van der Waals surface area contributed by atoms with Crippen molar-refractivity contribution in [3.05, 3.63) is 62.4 Å². The number of carbonyl (C=O) groups is 1. The first-order valence-electron chi connectivity index (χ1n) is 8.47. The fourth-order valence-corrected chi connectivity index (χ4v) is 5.18. The number of non-ortho nitro benzene ring substituents is 1. The molecule has 1 amide bonds. The Morgan fingerprint density at radius 1 is 1.24 bits per heavy atom. The van der Waals surface area contributed by atoms with Crippen molar-refractivity contribution < 1.29 is 18.1 Å². The predicted molar refractivity (Wildman–Crippen MR) is 111 cm³/mol. The number of nitro benzene ring substituents is 1. The summed E-state index contributed by atoms with van der Waals surface area (Å²) in [6, 6.07) is 10.3. The van der Waals surface area contributed by atoms with Gasteiger partial charge in [0.1, 0.15) is 0 Å². The summed E-state index contributed by atoms with van der Waals surface area (Å²) in [5.74, 6) is -0.631. The van der Waals surface area contributed by atoms with Gasteiger partial charge < -0.3 is 4.57 Å². The zero-order chi connectivity index (χ0) is 21.2. The van der Waals surface area contributed by atoms with E-state index in [4.69, 9.17) is 11.6 Å². The van der Waals surface area contributed by atoms with Crippen molar-refractivity contribution in [2.75, 3.05) is 5.75 Å². The summed E-state index contributed by atoms with van der Waals surface area (Å²) in [5, 5.41) is 11.3. The molecule has 0 saturated heterocycles. The number of nitro groups is 1. The Balaban J connectivity index is 1.71. The molecule has 2 aromatic carbocycles. The van der Waals surface area contributed by atoms with Gasteiger partial charge in [-0.05, 0) is 36.8 Å². The topological polar surface area (TPSA) is 112 Å². The van der Waals surface area contributed by atoms with Gasteiger partial charge in [-0.3, -0.25) is 14.9 Å². The number of aryl methyl sites for hydroxylation is 1. The number of benzene rings is 2. The number of amides is 1. The fraction of sp³-hybridized carbons (Fsp3) is 0.222. The average Bonchev–Trinajstić information content (AvgIpc) is 2.97. The minimum absolute atomic E-state index is 0.0266. The molecule has 0 N–H and O–H groups in total. The molecule has 11 heteroatoms. The number of hydrogen-bond donors (Lipinski definition) is 0. The third-order valence-electron chi connectivity index (χ3n) is 4.20. The van der Waals surface area contributed by atoms with E-state index in [1.165, 1.54) is 36.4 Å². The van der Waals surface area contributed by atoms with Gasteiger partial charge in [0.25, 0.3) is 5.69 Å². The minimum Gasteiger partial charge on any atom is -0.319 e. The SMILES string of the molecule is Cn1c(=NC(=O)CCCS(=O)(=O)c2ccc(Cl)cc2)sc2cc([N+](=O)[O-])ccc21. The minimum atomic E-state index is -3.51. The highest BCUT2D eigenvalue weighted by molar-refractivity contribution is 7.91. The Hall–Kier alpha value is -2.56. The first kappa shape index (κ1) is 21.2. The van der Waals surface area contributed by atoms with Gasteiger partial charge in [-0.2, -0.15) is 4.99 Å². The van der Waals surface area contributed by atoms with Crippen LogP contribution in [-0.4, -0.2) is 29.6 Å². The number of thiazole rings is 1. The van der Waals surface area contributed by atoms with Crippen LogP contribution in [0.4, 0.5) is 5.69 Å². The lowest BCUT2D eigenvalue weighted by Crippen LogP contribution is -2.14. The van der Waals surface area contributed by atoms with Gasteiger partial charge in [0, 0.05) is 30.6 Å². The largest absolute Gasteiger partial charge is 0.319 e. The third-order valence-corrected chi connectivity index (χ3v) is 7.36. The van der Waals surface area contributed by atoms with Gasteiger partial charge >= 0.3 is 0 Å². The van der Waals surface area contributed by atoms with E-state index in [0.29, 0.717) is 14.5 Å².